The van der Waals surface area contributed by atoms with E-state index in [1.807, 2.05) is 0 Å². The van der Waals surface area contributed by atoms with Gasteiger partial charge in [-0.1, -0.05) is 136 Å². The maximum atomic E-state index is 2.67. The minimum Gasteiger partial charge on any atom is -0.0776 e. The maximum Gasteiger partial charge on any atom is -0.0125 e. The first-order valence-electron chi connectivity index (χ1n) is 16.1. The van der Waals surface area contributed by atoms with Crippen LogP contribution in [0.2, 0.25) is 0 Å². The number of aryl methyl sites for hydroxylation is 1. The molecule has 6 atom stereocenters. The SMILES string of the molecule is C.CCCCC.CCCCCCCCCCC1Cc2cc(C)ccc2C2CCC3(C)C(C)CCC3C12. The highest BCUT2D eigenvalue weighted by atomic mass is 14.6. The molecule has 0 nitrogen and oxygen atoms in total. The summed E-state index contributed by atoms with van der Waals surface area (Å²) in [4.78, 5) is 0. The van der Waals surface area contributed by atoms with Gasteiger partial charge in [0.05, 0.1) is 0 Å². The Morgan fingerprint density at radius 3 is 2.08 bits per heavy atom. The van der Waals surface area contributed by atoms with Gasteiger partial charge in [-0.05, 0) is 91.6 Å². The van der Waals surface area contributed by atoms with E-state index in [-0.39, 0.29) is 7.43 Å². The van der Waals surface area contributed by atoms with Gasteiger partial charge in [0.15, 0.2) is 0 Å². The molecule has 1 aromatic rings. The van der Waals surface area contributed by atoms with Crippen molar-refractivity contribution >= 4 is 0 Å². The first-order valence-corrected chi connectivity index (χ1v) is 16.1. The van der Waals surface area contributed by atoms with E-state index in [2.05, 4.69) is 59.7 Å². The minimum absolute atomic E-state index is 0. The monoisotopic (exact) mass is 497 g/mol. The summed E-state index contributed by atoms with van der Waals surface area (Å²) < 4.78 is 0. The molecule has 0 aliphatic heterocycles. The van der Waals surface area contributed by atoms with Crippen LogP contribution >= 0.6 is 0 Å². The molecule has 2 fully saturated rings. The van der Waals surface area contributed by atoms with Crippen LogP contribution in [0.3, 0.4) is 0 Å². The van der Waals surface area contributed by atoms with Crippen molar-refractivity contribution in [2.24, 2.45) is 29.1 Å². The Hall–Kier alpha value is -0.780. The van der Waals surface area contributed by atoms with Crippen molar-refractivity contribution in [2.75, 3.05) is 0 Å². The predicted octanol–water partition coefficient (Wildman–Crippen LogP) is 12.1. The van der Waals surface area contributed by atoms with Crippen LogP contribution in [-0.4, -0.2) is 0 Å². The smallest absolute Gasteiger partial charge is 0.0125 e. The lowest BCUT2D eigenvalue weighted by Gasteiger charge is -2.53. The third-order valence-corrected chi connectivity index (χ3v) is 10.7. The fourth-order valence-electron chi connectivity index (χ4n) is 8.36. The van der Waals surface area contributed by atoms with Gasteiger partial charge in [0, 0.05) is 0 Å². The standard InChI is InChI=1S/C30H48.C5H12.CH4/c1-5-6-7-8-9-10-11-12-13-24-21-25-20-22(2)14-16-26(25)27-18-19-30(4)23(3)15-17-28(30)29(24)27;1-3-5-4-2;/h14,16,20,23-24,27-29H,5-13,15,17-19,21H2,1-4H3;3-5H2,1-2H3;1H4. The van der Waals surface area contributed by atoms with Crippen LogP contribution in [0.4, 0.5) is 0 Å². The fourth-order valence-corrected chi connectivity index (χ4v) is 8.36. The third kappa shape index (κ3) is 7.63. The van der Waals surface area contributed by atoms with Gasteiger partial charge in [0.2, 0.25) is 0 Å². The molecule has 4 rings (SSSR count). The van der Waals surface area contributed by atoms with E-state index in [0.717, 1.165) is 29.6 Å². The quantitative estimate of drug-likeness (QED) is 0.267. The van der Waals surface area contributed by atoms with Crippen molar-refractivity contribution in [1.29, 1.82) is 0 Å². The molecule has 0 heterocycles. The summed E-state index contributed by atoms with van der Waals surface area (Å²) in [6.07, 6.45) is 24.5. The van der Waals surface area contributed by atoms with Crippen molar-refractivity contribution in [1.82, 2.24) is 0 Å². The Morgan fingerprint density at radius 2 is 1.44 bits per heavy atom. The van der Waals surface area contributed by atoms with Crippen LogP contribution in [0.5, 0.6) is 0 Å². The highest BCUT2D eigenvalue weighted by Gasteiger charge is 2.55. The van der Waals surface area contributed by atoms with Crippen LogP contribution < -0.4 is 0 Å². The molecular weight excluding hydrogens is 432 g/mol. The zero-order chi connectivity index (χ0) is 25.3. The van der Waals surface area contributed by atoms with Gasteiger partial charge < -0.3 is 0 Å². The summed E-state index contributed by atoms with van der Waals surface area (Å²) in [6, 6.07) is 7.45. The first kappa shape index (κ1) is 31.4. The van der Waals surface area contributed by atoms with E-state index in [9.17, 15) is 0 Å². The minimum atomic E-state index is 0. The molecule has 0 N–H and O–H groups in total. The molecule has 2 saturated carbocycles. The number of rotatable bonds is 11. The van der Waals surface area contributed by atoms with E-state index < -0.39 is 0 Å². The molecule has 0 spiro atoms. The highest BCUT2D eigenvalue weighted by Crippen LogP contribution is 2.64. The summed E-state index contributed by atoms with van der Waals surface area (Å²) >= 11 is 0. The van der Waals surface area contributed by atoms with Gasteiger partial charge in [-0.25, -0.2) is 0 Å². The van der Waals surface area contributed by atoms with Crippen LogP contribution in [0.25, 0.3) is 0 Å². The second-order valence-electron chi connectivity index (χ2n) is 13.1. The Labute approximate surface area is 227 Å². The Balaban J connectivity index is 0.000000694. The van der Waals surface area contributed by atoms with E-state index >= 15 is 0 Å². The molecule has 3 aliphatic rings. The molecular formula is C36H64. The van der Waals surface area contributed by atoms with Crippen molar-refractivity contribution in [3.63, 3.8) is 0 Å². The molecule has 0 heteroatoms. The summed E-state index contributed by atoms with van der Waals surface area (Å²) in [5, 5.41) is 0. The van der Waals surface area contributed by atoms with Crippen LogP contribution in [0.1, 0.15) is 167 Å². The second-order valence-corrected chi connectivity index (χ2v) is 13.1. The molecule has 1 aromatic carbocycles. The van der Waals surface area contributed by atoms with Crippen molar-refractivity contribution < 1.29 is 0 Å². The third-order valence-electron chi connectivity index (χ3n) is 10.7. The van der Waals surface area contributed by atoms with Gasteiger partial charge in [0.25, 0.3) is 0 Å². The number of hydrogen-bond donors (Lipinski definition) is 0. The van der Waals surface area contributed by atoms with Gasteiger partial charge in [0.1, 0.15) is 0 Å². The molecule has 0 radical (unpaired) electrons. The van der Waals surface area contributed by atoms with Crippen molar-refractivity contribution in [2.45, 2.75) is 164 Å². The summed E-state index contributed by atoms with van der Waals surface area (Å²) in [7, 11) is 0. The zero-order valence-corrected chi connectivity index (χ0v) is 24.6. The molecule has 36 heavy (non-hydrogen) atoms. The topological polar surface area (TPSA) is 0 Å². The normalized spacial score (nSPS) is 30.3. The maximum absolute atomic E-state index is 2.67. The van der Waals surface area contributed by atoms with Gasteiger partial charge in [-0.3, -0.25) is 0 Å². The molecule has 3 aliphatic carbocycles. The lowest BCUT2D eigenvalue weighted by atomic mass is 9.51. The second kappa shape index (κ2) is 15.6. The van der Waals surface area contributed by atoms with Gasteiger partial charge in [-0.2, -0.15) is 0 Å². The van der Waals surface area contributed by atoms with Crippen LogP contribution in [0.15, 0.2) is 18.2 Å². The highest BCUT2D eigenvalue weighted by molar-refractivity contribution is 5.38. The molecule has 0 bridgehead atoms. The van der Waals surface area contributed by atoms with Crippen LogP contribution in [-0.2, 0) is 6.42 Å². The Morgan fingerprint density at radius 1 is 0.806 bits per heavy atom. The Kier molecular flexibility index (Phi) is 13.6. The number of benzene rings is 1. The lowest BCUT2D eigenvalue weighted by Crippen LogP contribution is -2.45. The number of hydrogen-bond acceptors (Lipinski definition) is 0. The lowest BCUT2D eigenvalue weighted by molar-refractivity contribution is 0.00273. The molecule has 208 valence electrons. The summed E-state index contributed by atoms with van der Waals surface area (Å²) in [5.41, 5.74) is 5.56. The Bertz CT molecular complexity index is 730. The van der Waals surface area contributed by atoms with Crippen molar-refractivity contribution in [3.05, 3.63) is 34.9 Å². The van der Waals surface area contributed by atoms with Crippen LogP contribution in [0, 0.1) is 36.0 Å². The molecule has 6 unspecified atom stereocenters. The van der Waals surface area contributed by atoms with Gasteiger partial charge >= 0.3 is 0 Å². The van der Waals surface area contributed by atoms with E-state index in [4.69, 9.17) is 0 Å². The molecule has 0 saturated heterocycles. The fraction of sp³-hybridized carbons (Fsp3) is 0.833. The summed E-state index contributed by atoms with van der Waals surface area (Å²) in [5.74, 6) is 4.69. The molecule has 0 aromatic heterocycles. The first-order chi connectivity index (χ1) is 17.0. The van der Waals surface area contributed by atoms with Crippen molar-refractivity contribution in [3.8, 4) is 0 Å². The largest absolute Gasteiger partial charge is 0.0776 e. The molecule has 0 amide bonds. The van der Waals surface area contributed by atoms with E-state index in [1.54, 1.807) is 11.1 Å². The zero-order valence-electron chi connectivity index (χ0n) is 24.6. The predicted molar refractivity (Wildman–Crippen MR) is 163 cm³/mol. The van der Waals surface area contributed by atoms with E-state index in [1.165, 1.54) is 115 Å². The van der Waals surface area contributed by atoms with Gasteiger partial charge in [-0.15, -0.1) is 0 Å². The average Bonchev–Trinajstić information content (AvgIpc) is 3.15. The number of fused-ring (bicyclic) bond motifs is 5. The van der Waals surface area contributed by atoms with E-state index in [0.29, 0.717) is 5.41 Å². The summed E-state index contributed by atoms with van der Waals surface area (Å²) in [6.45, 7) is 14.3. The average molecular weight is 497 g/mol. The number of unbranched alkanes of at least 4 members (excludes halogenated alkanes) is 9.